The van der Waals surface area contributed by atoms with Crippen LogP contribution in [0.4, 0.5) is 0 Å². The summed E-state index contributed by atoms with van der Waals surface area (Å²) >= 11 is 5.05. The average Bonchev–Trinajstić information content (AvgIpc) is 2.96. The SMILES string of the molecule is CCNC(=S)NN=Cc1cccn1-c1ccc(OC)cc1. The number of rotatable bonds is 5. The molecule has 2 aromatic rings. The summed E-state index contributed by atoms with van der Waals surface area (Å²) in [5.74, 6) is 0.832. The van der Waals surface area contributed by atoms with E-state index in [9.17, 15) is 0 Å². The zero-order chi connectivity index (χ0) is 15.1. The van der Waals surface area contributed by atoms with Gasteiger partial charge in [-0.15, -0.1) is 0 Å². The van der Waals surface area contributed by atoms with Crippen molar-refractivity contribution in [2.75, 3.05) is 13.7 Å². The molecule has 21 heavy (non-hydrogen) atoms. The number of methoxy groups -OCH3 is 1. The molecule has 0 radical (unpaired) electrons. The van der Waals surface area contributed by atoms with Gasteiger partial charge < -0.3 is 14.6 Å². The Morgan fingerprint density at radius 2 is 2.10 bits per heavy atom. The van der Waals surface area contributed by atoms with Gasteiger partial charge >= 0.3 is 0 Å². The van der Waals surface area contributed by atoms with Crippen LogP contribution in [0.25, 0.3) is 5.69 Å². The quantitative estimate of drug-likeness (QED) is 0.505. The van der Waals surface area contributed by atoms with E-state index in [1.807, 2.05) is 54.1 Å². The van der Waals surface area contributed by atoms with Crippen molar-refractivity contribution in [3.8, 4) is 11.4 Å². The minimum absolute atomic E-state index is 0.510. The third-order valence-electron chi connectivity index (χ3n) is 2.83. The van der Waals surface area contributed by atoms with Gasteiger partial charge in [-0.05, 0) is 55.5 Å². The van der Waals surface area contributed by atoms with Crippen LogP contribution in [0.15, 0.2) is 47.7 Å². The molecule has 1 aromatic heterocycles. The molecule has 0 aliphatic carbocycles. The van der Waals surface area contributed by atoms with Gasteiger partial charge in [-0.3, -0.25) is 5.43 Å². The molecule has 110 valence electrons. The fraction of sp³-hybridized carbons (Fsp3) is 0.200. The third kappa shape index (κ3) is 4.06. The van der Waals surface area contributed by atoms with Gasteiger partial charge in [0.15, 0.2) is 5.11 Å². The molecule has 0 spiro atoms. The molecule has 1 heterocycles. The second kappa shape index (κ2) is 7.44. The Balaban J connectivity index is 2.10. The molecule has 0 unspecified atom stereocenters. The van der Waals surface area contributed by atoms with Crippen LogP contribution in [0, 0.1) is 0 Å². The van der Waals surface area contributed by atoms with Crippen molar-refractivity contribution >= 4 is 23.5 Å². The Bertz CT molecular complexity index is 619. The summed E-state index contributed by atoms with van der Waals surface area (Å²) in [4.78, 5) is 0. The van der Waals surface area contributed by atoms with Crippen LogP contribution >= 0.6 is 12.2 Å². The lowest BCUT2D eigenvalue weighted by Crippen LogP contribution is -2.31. The maximum atomic E-state index is 5.16. The summed E-state index contributed by atoms with van der Waals surface area (Å²) in [6.45, 7) is 2.75. The van der Waals surface area contributed by atoms with Gasteiger partial charge in [0.05, 0.1) is 19.0 Å². The molecule has 6 heteroatoms. The van der Waals surface area contributed by atoms with E-state index >= 15 is 0 Å². The number of nitrogens with zero attached hydrogens (tertiary/aromatic N) is 2. The Hall–Kier alpha value is -2.34. The molecule has 0 bridgehead atoms. The first kappa shape index (κ1) is 15.1. The predicted octanol–water partition coefficient (Wildman–Crippen LogP) is 2.30. The summed E-state index contributed by atoms with van der Waals surface area (Å²) < 4.78 is 7.19. The van der Waals surface area contributed by atoms with Gasteiger partial charge in [0.1, 0.15) is 5.75 Å². The highest BCUT2D eigenvalue weighted by atomic mass is 32.1. The van der Waals surface area contributed by atoms with E-state index in [-0.39, 0.29) is 0 Å². The number of aromatic nitrogens is 1. The maximum Gasteiger partial charge on any atom is 0.186 e. The van der Waals surface area contributed by atoms with Gasteiger partial charge in [-0.25, -0.2) is 0 Å². The van der Waals surface area contributed by atoms with Crippen molar-refractivity contribution in [3.63, 3.8) is 0 Å². The average molecular weight is 302 g/mol. The van der Waals surface area contributed by atoms with Crippen molar-refractivity contribution in [2.24, 2.45) is 5.10 Å². The van der Waals surface area contributed by atoms with Gasteiger partial charge in [-0.2, -0.15) is 5.10 Å². The second-order valence-corrected chi connectivity index (χ2v) is 4.64. The first-order chi connectivity index (χ1) is 10.2. The molecule has 2 rings (SSSR count). The van der Waals surface area contributed by atoms with Crippen molar-refractivity contribution in [1.82, 2.24) is 15.3 Å². The zero-order valence-electron chi connectivity index (χ0n) is 12.0. The smallest absolute Gasteiger partial charge is 0.186 e. The van der Waals surface area contributed by atoms with Crippen LogP contribution in [-0.4, -0.2) is 29.5 Å². The molecule has 0 saturated heterocycles. The molecule has 1 aromatic carbocycles. The minimum atomic E-state index is 0.510. The Kier molecular flexibility index (Phi) is 5.34. The highest BCUT2D eigenvalue weighted by Crippen LogP contribution is 2.16. The predicted molar refractivity (Wildman–Crippen MR) is 89.3 cm³/mol. The van der Waals surface area contributed by atoms with E-state index in [0.717, 1.165) is 23.7 Å². The van der Waals surface area contributed by atoms with E-state index in [1.54, 1.807) is 13.3 Å². The third-order valence-corrected chi connectivity index (χ3v) is 3.07. The van der Waals surface area contributed by atoms with Crippen molar-refractivity contribution in [1.29, 1.82) is 0 Å². The summed E-state index contributed by atoms with van der Waals surface area (Å²) in [6.07, 6.45) is 3.71. The lowest BCUT2D eigenvalue weighted by molar-refractivity contribution is 0.415. The normalized spacial score (nSPS) is 10.6. The Labute approximate surface area is 129 Å². The molecule has 0 aliphatic heterocycles. The highest BCUT2D eigenvalue weighted by molar-refractivity contribution is 7.80. The molecule has 0 saturated carbocycles. The van der Waals surface area contributed by atoms with Gasteiger partial charge in [0, 0.05) is 18.4 Å². The van der Waals surface area contributed by atoms with Crippen LogP contribution in [-0.2, 0) is 0 Å². The summed E-state index contributed by atoms with van der Waals surface area (Å²) in [5, 5.41) is 7.61. The van der Waals surface area contributed by atoms with Gasteiger partial charge in [0.25, 0.3) is 0 Å². The maximum absolute atomic E-state index is 5.16. The van der Waals surface area contributed by atoms with Crippen LogP contribution in [0.3, 0.4) is 0 Å². The Morgan fingerprint density at radius 3 is 2.76 bits per heavy atom. The Morgan fingerprint density at radius 1 is 1.33 bits per heavy atom. The zero-order valence-corrected chi connectivity index (χ0v) is 12.9. The number of nitrogens with one attached hydrogen (secondary N) is 2. The molecule has 5 nitrogen and oxygen atoms in total. The first-order valence-electron chi connectivity index (χ1n) is 6.63. The van der Waals surface area contributed by atoms with Crippen LogP contribution in [0.5, 0.6) is 5.75 Å². The number of hydrogen-bond donors (Lipinski definition) is 2. The van der Waals surface area contributed by atoms with Crippen LogP contribution < -0.4 is 15.5 Å². The number of benzene rings is 1. The number of hydrogen-bond acceptors (Lipinski definition) is 3. The number of ether oxygens (including phenoxy) is 1. The molecule has 0 fully saturated rings. The highest BCUT2D eigenvalue weighted by Gasteiger charge is 2.01. The lowest BCUT2D eigenvalue weighted by atomic mass is 10.3. The summed E-state index contributed by atoms with van der Waals surface area (Å²) in [7, 11) is 1.65. The molecule has 0 amide bonds. The van der Waals surface area contributed by atoms with Crippen molar-refractivity contribution in [3.05, 3.63) is 48.3 Å². The van der Waals surface area contributed by atoms with Crippen molar-refractivity contribution in [2.45, 2.75) is 6.92 Å². The number of thiocarbonyl (C=S) groups is 1. The van der Waals surface area contributed by atoms with Gasteiger partial charge in [0.2, 0.25) is 0 Å². The number of hydrazone groups is 1. The van der Waals surface area contributed by atoms with E-state index in [4.69, 9.17) is 17.0 Å². The topological polar surface area (TPSA) is 50.6 Å². The van der Waals surface area contributed by atoms with E-state index in [0.29, 0.717) is 5.11 Å². The monoisotopic (exact) mass is 302 g/mol. The van der Waals surface area contributed by atoms with Crippen molar-refractivity contribution < 1.29 is 4.74 Å². The van der Waals surface area contributed by atoms with E-state index in [2.05, 4.69) is 15.8 Å². The molecular weight excluding hydrogens is 284 g/mol. The summed E-state index contributed by atoms with van der Waals surface area (Å²) in [6, 6.07) is 11.8. The first-order valence-corrected chi connectivity index (χ1v) is 7.04. The van der Waals surface area contributed by atoms with E-state index in [1.165, 1.54) is 0 Å². The second-order valence-electron chi connectivity index (χ2n) is 4.23. The minimum Gasteiger partial charge on any atom is -0.497 e. The molecule has 0 aliphatic rings. The molecular formula is C15H18N4OS. The largest absolute Gasteiger partial charge is 0.497 e. The standard InChI is InChI=1S/C15H18N4OS/c1-3-16-15(21)18-17-11-13-5-4-10-19(13)12-6-8-14(20-2)9-7-12/h4-11H,3H2,1-2H3,(H2,16,18,21). The molecule has 0 atom stereocenters. The van der Waals surface area contributed by atoms with E-state index < -0.39 is 0 Å². The fourth-order valence-electron chi connectivity index (χ4n) is 1.83. The molecule has 2 N–H and O–H groups in total. The van der Waals surface area contributed by atoms with Crippen LogP contribution in [0.2, 0.25) is 0 Å². The van der Waals surface area contributed by atoms with Crippen LogP contribution in [0.1, 0.15) is 12.6 Å². The fourth-order valence-corrected chi connectivity index (χ4v) is 2.03. The van der Waals surface area contributed by atoms with Gasteiger partial charge in [-0.1, -0.05) is 0 Å². The summed E-state index contributed by atoms with van der Waals surface area (Å²) in [5.41, 5.74) is 4.76. The lowest BCUT2D eigenvalue weighted by Gasteiger charge is -2.07.